The SMILES string of the molecule is CC1(C)CCC(CN2CC3(CCN(c4ccc(C(=O)NS(=O)(=O)c5ccc(NCC6CCOCC6)c([N+](=O)[O-])c5)c(Oc5cnc6[nH]ccc6c5)c4)CC3)C2)=C(c2ccc(Cl)cc2)C1. The van der Waals surface area contributed by atoms with Crippen molar-refractivity contribution in [3.05, 3.63) is 117 Å². The summed E-state index contributed by atoms with van der Waals surface area (Å²) in [6.07, 6.45) is 10.3. The first-order chi connectivity index (χ1) is 30.7. The van der Waals surface area contributed by atoms with E-state index >= 15 is 0 Å². The van der Waals surface area contributed by atoms with Crippen LogP contribution in [0.2, 0.25) is 5.02 Å². The largest absolute Gasteiger partial charge is 0.455 e. The molecule has 1 aliphatic carbocycles. The number of rotatable bonds is 13. The number of nitrogens with one attached hydrogen (secondary N) is 3. The summed E-state index contributed by atoms with van der Waals surface area (Å²) in [4.78, 5) is 37.4. The number of carbonyl (C=O) groups is 1. The molecule has 0 unspecified atom stereocenters. The molecule has 5 heterocycles. The third-order valence-electron chi connectivity index (χ3n) is 13.5. The maximum Gasteiger partial charge on any atom is 0.293 e. The molecular formula is C48H54ClN7O7S. The van der Waals surface area contributed by atoms with E-state index in [9.17, 15) is 23.3 Å². The molecule has 3 aliphatic heterocycles. The molecule has 0 radical (unpaired) electrons. The molecule has 3 fully saturated rings. The lowest BCUT2D eigenvalue weighted by Crippen LogP contribution is -2.60. The van der Waals surface area contributed by atoms with Gasteiger partial charge in [-0.1, -0.05) is 43.2 Å². The Labute approximate surface area is 378 Å². The predicted octanol–water partition coefficient (Wildman–Crippen LogP) is 9.44. The van der Waals surface area contributed by atoms with Crippen molar-refractivity contribution in [2.75, 3.05) is 62.7 Å². The summed E-state index contributed by atoms with van der Waals surface area (Å²) in [5, 5.41) is 16.8. The average Bonchev–Trinajstić information content (AvgIpc) is 3.74. The van der Waals surface area contributed by atoms with Crippen LogP contribution in [0.25, 0.3) is 16.6 Å². The van der Waals surface area contributed by atoms with Crippen LogP contribution in [-0.2, 0) is 14.8 Å². The first-order valence-electron chi connectivity index (χ1n) is 22.1. The fraction of sp³-hybridized carbons (Fsp3) is 0.417. The Kier molecular flexibility index (Phi) is 12.2. The molecule has 14 nitrogen and oxygen atoms in total. The Morgan fingerprint density at radius 2 is 1.78 bits per heavy atom. The lowest BCUT2D eigenvalue weighted by molar-refractivity contribution is -0.384. The number of allylic oxidation sites excluding steroid dienone is 1. The quantitative estimate of drug-likeness (QED) is 0.0759. The zero-order chi connectivity index (χ0) is 44.6. The van der Waals surface area contributed by atoms with E-state index in [-0.39, 0.29) is 33.7 Å². The number of hydrogen-bond acceptors (Lipinski definition) is 11. The van der Waals surface area contributed by atoms with Crippen molar-refractivity contribution < 1.29 is 27.6 Å². The van der Waals surface area contributed by atoms with E-state index in [4.69, 9.17) is 21.1 Å². The number of amides is 1. The van der Waals surface area contributed by atoms with Gasteiger partial charge in [0.2, 0.25) is 0 Å². The zero-order valence-corrected chi connectivity index (χ0v) is 37.8. The zero-order valence-electron chi connectivity index (χ0n) is 36.2. The Hall–Kier alpha value is -5.48. The fourth-order valence-electron chi connectivity index (χ4n) is 9.81. The van der Waals surface area contributed by atoms with Crippen molar-refractivity contribution in [2.24, 2.45) is 16.7 Å². The van der Waals surface area contributed by atoms with E-state index in [1.807, 2.05) is 24.3 Å². The van der Waals surface area contributed by atoms with Gasteiger partial charge in [0, 0.05) is 86.9 Å². The number of halogens is 1. The molecule has 336 valence electrons. The number of anilines is 2. The predicted molar refractivity (Wildman–Crippen MR) is 249 cm³/mol. The second-order valence-electron chi connectivity index (χ2n) is 18.7. The number of nitrogens with zero attached hydrogens (tertiary/aromatic N) is 4. The number of likely N-dealkylation sites (tertiary alicyclic amines) is 1. The van der Waals surface area contributed by atoms with E-state index in [0.717, 1.165) is 93.4 Å². The third-order valence-corrected chi connectivity index (χ3v) is 15.1. The number of pyridine rings is 1. The van der Waals surface area contributed by atoms with E-state index in [2.05, 4.69) is 55.8 Å². The topological polar surface area (TPSA) is 172 Å². The normalized spacial score (nSPS) is 19.1. The summed E-state index contributed by atoms with van der Waals surface area (Å²) < 4.78 is 41.3. The summed E-state index contributed by atoms with van der Waals surface area (Å²) in [7, 11) is -4.55. The highest BCUT2D eigenvalue weighted by Crippen LogP contribution is 2.47. The number of aromatic amines is 1. The number of benzene rings is 3. The number of nitro benzene ring substituents is 1. The van der Waals surface area contributed by atoms with Crippen LogP contribution < -0.4 is 19.7 Å². The van der Waals surface area contributed by atoms with E-state index in [1.54, 1.807) is 24.4 Å². The van der Waals surface area contributed by atoms with Gasteiger partial charge in [0.25, 0.3) is 21.6 Å². The molecule has 3 aromatic carbocycles. The Morgan fingerprint density at radius 3 is 2.53 bits per heavy atom. The molecular weight excluding hydrogens is 854 g/mol. The fourth-order valence-corrected chi connectivity index (χ4v) is 10.9. The van der Waals surface area contributed by atoms with Gasteiger partial charge < -0.3 is 24.7 Å². The van der Waals surface area contributed by atoms with Crippen molar-refractivity contribution in [3.8, 4) is 11.5 Å². The molecule has 0 atom stereocenters. The second-order valence-corrected chi connectivity index (χ2v) is 20.9. The highest BCUT2D eigenvalue weighted by molar-refractivity contribution is 7.90. The number of nitro groups is 1. The summed E-state index contributed by atoms with van der Waals surface area (Å²) in [6.45, 7) is 11.2. The van der Waals surface area contributed by atoms with Gasteiger partial charge in [-0.2, -0.15) is 0 Å². The maximum absolute atomic E-state index is 13.9. The van der Waals surface area contributed by atoms with Crippen LogP contribution in [0, 0.1) is 26.9 Å². The summed E-state index contributed by atoms with van der Waals surface area (Å²) >= 11 is 6.25. The van der Waals surface area contributed by atoms with Crippen LogP contribution in [0.15, 0.2) is 95.7 Å². The molecule has 16 heteroatoms. The smallest absolute Gasteiger partial charge is 0.293 e. The van der Waals surface area contributed by atoms with Crippen LogP contribution in [0.1, 0.15) is 74.7 Å². The summed E-state index contributed by atoms with van der Waals surface area (Å²) in [5.74, 6) is -0.150. The highest BCUT2D eigenvalue weighted by Gasteiger charge is 2.45. The summed E-state index contributed by atoms with van der Waals surface area (Å²) in [5.41, 5.74) is 6.07. The van der Waals surface area contributed by atoms with E-state index in [0.29, 0.717) is 31.2 Å². The number of aromatic nitrogens is 2. The molecule has 9 rings (SSSR count). The van der Waals surface area contributed by atoms with Crippen molar-refractivity contribution in [1.82, 2.24) is 19.6 Å². The third kappa shape index (κ3) is 9.63. The molecule has 1 amide bonds. The molecule has 2 aromatic heterocycles. The molecule has 3 N–H and O–H groups in total. The molecule has 4 aliphatic rings. The van der Waals surface area contributed by atoms with Crippen LogP contribution in [0.3, 0.4) is 0 Å². The van der Waals surface area contributed by atoms with Crippen LogP contribution >= 0.6 is 11.6 Å². The van der Waals surface area contributed by atoms with Gasteiger partial charge >= 0.3 is 0 Å². The number of H-pyrrole nitrogens is 1. The minimum atomic E-state index is -4.55. The lowest BCUT2D eigenvalue weighted by Gasteiger charge is -2.55. The minimum Gasteiger partial charge on any atom is -0.455 e. The molecule has 0 bridgehead atoms. The van der Waals surface area contributed by atoms with Crippen LogP contribution in [-0.4, -0.2) is 86.6 Å². The van der Waals surface area contributed by atoms with E-state index in [1.165, 1.54) is 41.5 Å². The Morgan fingerprint density at radius 1 is 1.02 bits per heavy atom. The molecule has 1 spiro atoms. The monoisotopic (exact) mass is 907 g/mol. The summed E-state index contributed by atoms with van der Waals surface area (Å²) in [6, 6.07) is 20.7. The molecule has 64 heavy (non-hydrogen) atoms. The van der Waals surface area contributed by atoms with Gasteiger partial charge in [-0.3, -0.25) is 19.8 Å². The Bertz CT molecular complexity index is 2700. The average molecular weight is 909 g/mol. The van der Waals surface area contributed by atoms with Gasteiger partial charge in [-0.05, 0) is 121 Å². The first-order valence-corrected chi connectivity index (χ1v) is 23.9. The van der Waals surface area contributed by atoms with Gasteiger partial charge in [0.15, 0.2) is 0 Å². The maximum atomic E-state index is 13.9. The van der Waals surface area contributed by atoms with E-state index < -0.39 is 31.4 Å². The molecule has 0 saturated carbocycles. The number of fused-ring (bicyclic) bond motifs is 1. The number of sulfonamides is 1. The Balaban J connectivity index is 0.896. The van der Waals surface area contributed by atoms with Gasteiger partial charge in [0.05, 0.1) is 21.6 Å². The highest BCUT2D eigenvalue weighted by atomic mass is 35.5. The van der Waals surface area contributed by atoms with Crippen molar-refractivity contribution >= 4 is 61.2 Å². The number of carbonyl (C=O) groups excluding carboxylic acids is 1. The minimum absolute atomic E-state index is 0.0211. The van der Waals surface area contributed by atoms with Crippen molar-refractivity contribution in [3.63, 3.8) is 0 Å². The standard InChI is InChI=1S/C48H54ClN7O7S/c1-47(2)15-11-35(41(26-47)33-3-5-36(49)6-4-33)29-54-30-48(31-54)16-19-55(20-17-48)37-7-9-40(44(24-37)63-38-23-34-12-18-50-45(34)52-28-38)46(57)53-64(60,61)39-8-10-42(43(25-39)56(58)59)51-27-32-13-21-62-22-14-32/h3-10,12,18,23-25,28,32,51H,11,13-17,19-22,26-27,29-31H2,1-2H3,(H,50,52)(H,53,57). The number of ether oxygens (including phenoxy) is 2. The van der Waals surface area contributed by atoms with Crippen LogP contribution in [0.5, 0.6) is 11.5 Å². The van der Waals surface area contributed by atoms with Gasteiger partial charge in [0.1, 0.15) is 22.8 Å². The second kappa shape index (κ2) is 17.8. The molecule has 3 saturated heterocycles. The van der Waals surface area contributed by atoms with Gasteiger partial charge in [-0.15, -0.1) is 0 Å². The lowest BCUT2D eigenvalue weighted by atomic mass is 9.70. The van der Waals surface area contributed by atoms with Crippen LogP contribution in [0.4, 0.5) is 17.1 Å². The van der Waals surface area contributed by atoms with Gasteiger partial charge in [-0.25, -0.2) is 18.1 Å². The number of hydrogen-bond donors (Lipinski definition) is 3. The molecule has 5 aromatic rings. The number of piperidine rings is 1. The first kappa shape index (κ1) is 43.8. The van der Waals surface area contributed by atoms with Crippen molar-refractivity contribution in [2.45, 2.75) is 63.7 Å². The van der Waals surface area contributed by atoms with Crippen molar-refractivity contribution in [1.29, 1.82) is 0 Å².